The lowest BCUT2D eigenvalue weighted by Crippen LogP contribution is -1.98. The van der Waals surface area contributed by atoms with Gasteiger partial charge in [0.1, 0.15) is 0 Å². The lowest BCUT2D eigenvalue weighted by Gasteiger charge is -2.12. The molecule has 0 saturated heterocycles. The van der Waals surface area contributed by atoms with Crippen LogP contribution in [0.4, 0.5) is 0 Å². The summed E-state index contributed by atoms with van der Waals surface area (Å²) >= 11 is 5.91. The fraction of sp³-hybridized carbons (Fsp3) is 0.300. The van der Waals surface area contributed by atoms with Gasteiger partial charge < -0.3 is 9.47 Å². The molecule has 0 fully saturated rings. The first kappa shape index (κ1) is 10.9. The highest BCUT2D eigenvalue weighted by atomic mass is 35.5. The molecule has 0 spiro atoms. The third-order valence-electron chi connectivity index (χ3n) is 2.03. The molecule has 0 aromatic heterocycles. The van der Waals surface area contributed by atoms with Crippen molar-refractivity contribution < 1.29 is 14.3 Å². The number of methoxy groups -OCH3 is 2. The van der Waals surface area contributed by atoms with E-state index in [0.29, 0.717) is 33.9 Å². The van der Waals surface area contributed by atoms with E-state index in [4.69, 9.17) is 21.1 Å². The number of halogens is 1. The summed E-state index contributed by atoms with van der Waals surface area (Å²) in [5.41, 5.74) is 1.12. The molecule has 0 heterocycles. The molecular weight excluding hydrogens is 204 g/mol. The van der Waals surface area contributed by atoms with Gasteiger partial charge in [0.25, 0.3) is 0 Å². The molecule has 0 atom stereocenters. The van der Waals surface area contributed by atoms with E-state index < -0.39 is 0 Å². The number of benzene rings is 1. The normalized spacial score (nSPS) is 9.71. The topological polar surface area (TPSA) is 35.5 Å². The molecule has 0 aliphatic carbocycles. The van der Waals surface area contributed by atoms with E-state index in [2.05, 4.69) is 0 Å². The summed E-state index contributed by atoms with van der Waals surface area (Å²) in [6.45, 7) is 1.76. The standard InChI is InChI=1S/C10H11ClO3/c1-6-7(5-12)10(14-3)9(13-2)4-8(6)11/h4-5H,1-3H3. The molecular formula is C10H11ClO3. The van der Waals surface area contributed by atoms with Crippen LogP contribution in [0.2, 0.25) is 5.02 Å². The molecule has 4 heteroatoms. The summed E-state index contributed by atoms with van der Waals surface area (Å²) in [5.74, 6) is 0.884. The van der Waals surface area contributed by atoms with Gasteiger partial charge in [-0.25, -0.2) is 0 Å². The maximum atomic E-state index is 10.8. The Kier molecular flexibility index (Phi) is 3.36. The van der Waals surface area contributed by atoms with E-state index in [0.717, 1.165) is 0 Å². The second-order valence-corrected chi connectivity index (χ2v) is 3.16. The van der Waals surface area contributed by atoms with E-state index >= 15 is 0 Å². The van der Waals surface area contributed by atoms with Gasteiger partial charge in [0, 0.05) is 11.1 Å². The molecule has 0 unspecified atom stereocenters. The minimum Gasteiger partial charge on any atom is -0.493 e. The summed E-state index contributed by atoms with van der Waals surface area (Å²) in [5, 5.41) is 0.491. The van der Waals surface area contributed by atoms with Crippen LogP contribution in [0.25, 0.3) is 0 Å². The van der Waals surface area contributed by atoms with Crippen molar-refractivity contribution in [3.63, 3.8) is 0 Å². The van der Waals surface area contributed by atoms with Crippen LogP contribution in [0.1, 0.15) is 15.9 Å². The first-order chi connectivity index (χ1) is 6.65. The molecule has 0 aliphatic heterocycles. The predicted molar refractivity (Wildman–Crippen MR) is 54.7 cm³/mol. The highest BCUT2D eigenvalue weighted by molar-refractivity contribution is 6.32. The smallest absolute Gasteiger partial charge is 0.171 e. The number of rotatable bonds is 3. The molecule has 3 nitrogen and oxygen atoms in total. The lowest BCUT2D eigenvalue weighted by molar-refractivity contribution is 0.111. The van der Waals surface area contributed by atoms with Crippen LogP contribution in [0.5, 0.6) is 11.5 Å². The molecule has 0 bridgehead atoms. The van der Waals surface area contributed by atoms with Gasteiger partial charge in [-0.15, -0.1) is 0 Å². The average Bonchev–Trinajstić information content (AvgIpc) is 2.20. The number of carbonyl (C=O) groups is 1. The van der Waals surface area contributed by atoms with Crippen molar-refractivity contribution in [2.45, 2.75) is 6.92 Å². The van der Waals surface area contributed by atoms with Crippen LogP contribution in [0.15, 0.2) is 6.07 Å². The zero-order valence-corrected chi connectivity index (χ0v) is 9.01. The van der Waals surface area contributed by atoms with Crippen LogP contribution >= 0.6 is 11.6 Å². The van der Waals surface area contributed by atoms with Crippen molar-refractivity contribution in [1.29, 1.82) is 0 Å². The highest BCUT2D eigenvalue weighted by Crippen LogP contribution is 2.36. The van der Waals surface area contributed by atoms with Crippen molar-refractivity contribution in [2.75, 3.05) is 14.2 Å². The Hall–Kier alpha value is -1.22. The highest BCUT2D eigenvalue weighted by Gasteiger charge is 2.15. The first-order valence-corrected chi connectivity index (χ1v) is 4.39. The second kappa shape index (κ2) is 4.33. The Morgan fingerprint density at radius 2 is 2.00 bits per heavy atom. The van der Waals surface area contributed by atoms with E-state index in [1.807, 2.05) is 0 Å². The number of ether oxygens (including phenoxy) is 2. The lowest BCUT2D eigenvalue weighted by atomic mass is 10.1. The SMILES string of the molecule is COc1cc(Cl)c(C)c(C=O)c1OC. The number of aldehydes is 1. The number of hydrogen-bond donors (Lipinski definition) is 0. The van der Waals surface area contributed by atoms with Gasteiger partial charge in [0.2, 0.25) is 0 Å². The monoisotopic (exact) mass is 214 g/mol. The number of carbonyl (C=O) groups excluding carboxylic acids is 1. The zero-order valence-electron chi connectivity index (χ0n) is 8.26. The van der Waals surface area contributed by atoms with Crippen molar-refractivity contribution in [2.24, 2.45) is 0 Å². The predicted octanol–water partition coefficient (Wildman–Crippen LogP) is 2.48. The van der Waals surface area contributed by atoms with Crippen molar-refractivity contribution in [3.8, 4) is 11.5 Å². The van der Waals surface area contributed by atoms with Crippen LogP contribution in [0.3, 0.4) is 0 Å². The summed E-state index contributed by atoms with van der Waals surface area (Å²) < 4.78 is 10.1. The van der Waals surface area contributed by atoms with Crippen molar-refractivity contribution >= 4 is 17.9 Å². The zero-order chi connectivity index (χ0) is 10.7. The van der Waals surface area contributed by atoms with Crippen LogP contribution in [0, 0.1) is 6.92 Å². The van der Waals surface area contributed by atoms with E-state index in [1.165, 1.54) is 14.2 Å². The Morgan fingerprint density at radius 1 is 1.36 bits per heavy atom. The van der Waals surface area contributed by atoms with Gasteiger partial charge in [-0.1, -0.05) is 11.6 Å². The molecule has 0 saturated carbocycles. The Labute approximate surface area is 87.6 Å². The average molecular weight is 215 g/mol. The van der Waals surface area contributed by atoms with Gasteiger partial charge in [-0.05, 0) is 12.5 Å². The quantitative estimate of drug-likeness (QED) is 0.726. The van der Waals surface area contributed by atoms with E-state index in [1.54, 1.807) is 13.0 Å². The molecule has 0 aliphatic rings. The molecule has 0 amide bonds. The van der Waals surface area contributed by atoms with Crippen molar-refractivity contribution in [3.05, 3.63) is 22.2 Å². The summed E-state index contributed by atoms with van der Waals surface area (Å²) in [7, 11) is 2.98. The van der Waals surface area contributed by atoms with Crippen LogP contribution in [-0.4, -0.2) is 20.5 Å². The van der Waals surface area contributed by atoms with E-state index in [-0.39, 0.29) is 0 Å². The summed E-state index contributed by atoms with van der Waals surface area (Å²) in [6, 6.07) is 1.63. The third kappa shape index (κ3) is 1.68. The van der Waals surface area contributed by atoms with E-state index in [9.17, 15) is 4.79 Å². The third-order valence-corrected chi connectivity index (χ3v) is 2.42. The van der Waals surface area contributed by atoms with Gasteiger partial charge in [0.05, 0.1) is 19.8 Å². The molecule has 1 rings (SSSR count). The Balaban J connectivity index is 3.49. The molecule has 1 aromatic rings. The fourth-order valence-electron chi connectivity index (χ4n) is 1.22. The molecule has 0 radical (unpaired) electrons. The Morgan fingerprint density at radius 3 is 2.43 bits per heavy atom. The van der Waals surface area contributed by atoms with Gasteiger partial charge >= 0.3 is 0 Å². The van der Waals surface area contributed by atoms with Gasteiger partial charge in [-0.3, -0.25) is 4.79 Å². The van der Waals surface area contributed by atoms with Gasteiger partial charge in [0.15, 0.2) is 17.8 Å². The maximum Gasteiger partial charge on any atom is 0.171 e. The Bertz CT molecular complexity index is 361. The summed E-state index contributed by atoms with van der Waals surface area (Å²) in [6.07, 6.45) is 0.711. The molecule has 14 heavy (non-hydrogen) atoms. The molecule has 1 aromatic carbocycles. The molecule has 76 valence electrons. The van der Waals surface area contributed by atoms with Crippen molar-refractivity contribution in [1.82, 2.24) is 0 Å². The number of hydrogen-bond acceptors (Lipinski definition) is 3. The summed E-state index contributed by atoms with van der Waals surface area (Å²) in [4.78, 5) is 10.8. The second-order valence-electron chi connectivity index (χ2n) is 2.75. The minimum absolute atomic E-state index is 0.421. The maximum absolute atomic E-state index is 10.8. The first-order valence-electron chi connectivity index (χ1n) is 4.02. The minimum atomic E-state index is 0.421. The van der Waals surface area contributed by atoms with Crippen LogP contribution in [-0.2, 0) is 0 Å². The fourth-order valence-corrected chi connectivity index (χ4v) is 1.43. The van der Waals surface area contributed by atoms with Gasteiger partial charge in [-0.2, -0.15) is 0 Å². The van der Waals surface area contributed by atoms with Crippen LogP contribution < -0.4 is 9.47 Å². The largest absolute Gasteiger partial charge is 0.493 e. The molecule has 0 N–H and O–H groups in total.